The van der Waals surface area contributed by atoms with E-state index in [4.69, 9.17) is 4.63 Å². The van der Waals surface area contributed by atoms with E-state index in [2.05, 4.69) is 62.6 Å². The number of hydrogen-bond acceptors (Lipinski definition) is 6. The molecule has 1 aromatic heterocycles. The van der Waals surface area contributed by atoms with Gasteiger partial charge in [-0.05, 0) is 59.4 Å². The molecule has 0 aliphatic carbocycles. The lowest BCUT2D eigenvalue weighted by molar-refractivity contribution is 0.0547. The van der Waals surface area contributed by atoms with Crippen molar-refractivity contribution in [3.63, 3.8) is 0 Å². The van der Waals surface area contributed by atoms with Crippen molar-refractivity contribution in [1.29, 1.82) is 0 Å². The van der Waals surface area contributed by atoms with Gasteiger partial charge in [0, 0.05) is 38.8 Å². The van der Waals surface area contributed by atoms with Crippen molar-refractivity contribution in [2.45, 2.75) is 31.8 Å². The molecule has 3 aromatic rings. The lowest BCUT2D eigenvalue weighted by atomic mass is 10.1. The van der Waals surface area contributed by atoms with E-state index in [0.29, 0.717) is 6.04 Å². The number of aliphatic hydroxyl groups is 1. The molecule has 0 amide bonds. The molecule has 4 rings (SSSR count). The Kier molecular flexibility index (Phi) is 6.31. The van der Waals surface area contributed by atoms with E-state index < -0.39 is 0 Å². The highest BCUT2D eigenvalue weighted by atomic mass is 16.6. The van der Waals surface area contributed by atoms with E-state index in [1.807, 2.05) is 6.07 Å². The first-order chi connectivity index (χ1) is 13.8. The van der Waals surface area contributed by atoms with Gasteiger partial charge in [-0.15, -0.1) is 0 Å². The van der Waals surface area contributed by atoms with Gasteiger partial charge in [-0.25, -0.2) is 4.63 Å². The fourth-order valence-corrected chi connectivity index (χ4v) is 4.13. The van der Waals surface area contributed by atoms with Gasteiger partial charge in [0.25, 0.3) is 0 Å². The summed E-state index contributed by atoms with van der Waals surface area (Å²) >= 11 is 0. The highest BCUT2D eigenvalue weighted by Crippen LogP contribution is 2.18. The fourth-order valence-electron chi connectivity index (χ4n) is 4.13. The maximum absolute atomic E-state index is 9.54. The summed E-state index contributed by atoms with van der Waals surface area (Å²) in [7, 11) is 0. The first-order valence-corrected chi connectivity index (χ1v) is 10.1. The zero-order valence-corrected chi connectivity index (χ0v) is 16.2. The molecule has 1 aliphatic rings. The molecule has 0 spiro atoms. The van der Waals surface area contributed by atoms with Crippen molar-refractivity contribution in [3.8, 4) is 0 Å². The maximum atomic E-state index is 9.54. The average molecular weight is 380 g/mol. The summed E-state index contributed by atoms with van der Waals surface area (Å²) in [5.41, 5.74) is 4.23. The van der Waals surface area contributed by atoms with Crippen LogP contribution in [0.4, 0.5) is 0 Å². The van der Waals surface area contributed by atoms with E-state index in [0.717, 1.165) is 63.0 Å². The Morgan fingerprint density at radius 2 is 1.86 bits per heavy atom. The average Bonchev–Trinajstić information content (AvgIpc) is 3.18. The van der Waals surface area contributed by atoms with Crippen LogP contribution in [-0.4, -0.2) is 64.0 Å². The summed E-state index contributed by atoms with van der Waals surface area (Å²) in [5, 5.41) is 17.4. The first kappa shape index (κ1) is 19.1. The number of fused-ring (bicyclic) bond motifs is 1. The molecule has 1 fully saturated rings. The molecule has 148 valence electrons. The molecular weight excluding hydrogens is 352 g/mol. The predicted octanol–water partition coefficient (Wildman–Crippen LogP) is 2.72. The van der Waals surface area contributed by atoms with Gasteiger partial charge in [0.15, 0.2) is 0 Å². The third-order valence-electron chi connectivity index (χ3n) is 5.63. The van der Waals surface area contributed by atoms with Crippen LogP contribution in [0.5, 0.6) is 0 Å². The number of rotatable bonds is 8. The molecule has 2 aromatic carbocycles. The highest BCUT2D eigenvalue weighted by molar-refractivity contribution is 5.73. The lowest BCUT2D eigenvalue weighted by Crippen LogP contribution is -2.53. The second kappa shape index (κ2) is 9.28. The highest BCUT2D eigenvalue weighted by Gasteiger charge is 2.26. The Morgan fingerprint density at radius 1 is 1.00 bits per heavy atom. The normalized spacial score (nSPS) is 18.7. The predicted molar refractivity (Wildman–Crippen MR) is 109 cm³/mol. The molecule has 0 radical (unpaired) electrons. The van der Waals surface area contributed by atoms with Gasteiger partial charge < -0.3 is 5.11 Å². The van der Waals surface area contributed by atoms with E-state index in [1.54, 1.807) is 0 Å². The minimum atomic E-state index is 0.240. The largest absolute Gasteiger partial charge is 0.396 e. The van der Waals surface area contributed by atoms with Gasteiger partial charge in [0.1, 0.15) is 11.0 Å². The molecule has 6 heteroatoms. The van der Waals surface area contributed by atoms with Crippen LogP contribution in [0.2, 0.25) is 0 Å². The van der Waals surface area contributed by atoms with Crippen LogP contribution >= 0.6 is 0 Å². The Morgan fingerprint density at radius 3 is 2.71 bits per heavy atom. The Bertz CT molecular complexity index is 867. The van der Waals surface area contributed by atoms with E-state index in [-0.39, 0.29) is 6.61 Å². The van der Waals surface area contributed by atoms with Crippen molar-refractivity contribution < 1.29 is 9.74 Å². The molecule has 1 saturated heterocycles. The Labute approximate surface area is 165 Å². The second-order valence-corrected chi connectivity index (χ2v) is 7.61. The van der Waals surface area contributed by atoms with Gasteiger partial charge in [-0.3, -0.25) is 9.80 Å². The Balaban J connectivity index is 1.31. The number of aliphatic hydroxyl groups excluding tert-OH is 1. The van der Waals surface area contributed by atoms with E-state index in [1.165, 1.54) is 11.1 Å². The molecule has 0 unspecified atom stereocenters. The molecule has 1 atom stereocenters. The molecule has 6 nitrogen and oxygen atoms in total. The van der Waals surface area contributed by atoms with Crippen molar-refractivity contribution in [2.24, 2.45) is 0 Å². The minimum absolute atomic E-state index is 0.240. The van der Waals surface area contributed by atoms with Crippen LogP contribution in [0.25, 0.3) is 11.0 Å². The minimum Gasteiger partial charge on any atom is -0.396 e. The topological polar surface area (TPSA) is 65.6 Å². The van der Waals surface area contributed by atoms with Gasteiger partial charge >= 0.3 is 0 Å². The number of piperazine rings is 1. The molecular formula is C22H28N4O2. The summed E-state index contributed by atoms with van der Waals surface area (Å²) in [6.45, 7) is 5.30. The first-order valence-electron chi connectivity index (χ1n) is 10.1. The van der Waals surface area contributed by atoms with Gasteiger partial charge in [0.05, 0.1) is 0 Å². The standard InChI is InChI=1S/C22H28N4O2/c27-14-10-20-17-25(16-19-8-9-21-22(15-19)24-28-23-21)12-13-26(20)11-4-7-18-5-2-1-3-6-18/h1-3,5-6,8-9,15,20,27H,4,7,10-14,16-17H2/t20-/m1/s1. The van der Waals surface area contributed by atoms with E-state index >= 15 is 0 Å². The summed E-state index contributed by atoms with van der Waals surface area (Å²) in [4.78, 5) is 5.03. The quantitative estimate of drug-likeness (QED) is 0.648. The van der Waals surface area contributed by atoms with Crippen molar-refractivity contribution in [1.82, 2.24) is 20.1 Å². The van der Waals surface area contributed by atoms with Gasteiger partial charge in [0.2, 0.25) is 0 Å². The SMILES string of the molecule is OCC[C@@H]1CN(Cc2ccc3nonc3c2)CCN1CCCc1ccccc1. The van der Waals surface area contributed by atoms with Crippen molar-refractivity contribution in [3.05, 3.63) is 59.7 Å². The van der Waals surface area contributed by atoms with Crippen LogP contribution in [-0.2, 0) is 13.0 Å². The lowest BCUT2D eigenvalue weighted by Gasteiger charge is -2.41. The molecule has 1 N–H and O–H groups in total. The number of nitrogens with zero attached hydrogens (tertiary/aromatic N) is 4. The molecule has 0 saturated carbocycles. The Hall–Kier alpha value is -2.28. The third kappa shape index (κ3) is 4.76. The third-order valence-corrected chi connectivity index (χ3v) is 5.63. The van der Waals surface area contributed by atoms with Crippen LogP contribution < -0.4 is 0 Å². The smallest absolute Gasteiger partial charge is 0.135 e. The second-order valence-electron chi connectivity index (χ2n) is 7.61. The number of hydrogen-bond donors (Lipinski definition) is 1. The fraction of sp³-hybridized carbons (Fsp3) is 0.455. The molecule has 28 heavy (non-hydrogen) atoms. The van der Waals surface area contributed by atoms with Gasteiger partial charge in [-0.1, -0.05) is 36.4 Å². The zero-order valence-electron chi connectivity index (χ0n) is 16.2. The summed E-state index contributed by atoms with van der Waals surface area (Å²) in [5.74, 6) is 0. The maximum Gasteiger partial charge on any atom is 0.135 e. The van der Waals surface area contributed by atoms with Crippen LogP contribution in [0.1, 0.15) is 24.0 Å². The number of aryl methyl sites for hydroxylation is 1. The van der Waals surface area contributed by atoms with Crippen LogP contribution in [0.3, 0.4) is 0 Å². The summed E-state index contributed by atoms with van der Waals surface area (Å²) < 4.78 is 4.79. The molecule has 0 bridgehead atoms. The molecule has 1 aliphatic heterocycles. The molecule has 2 heterocycles. The van der Waals surface area contributed by atoms with Gasteiger partial charge in [-0.2, -0.15) is 0 Å². The zero-order chi connectivity index (χ0) is 19.2. The van der Waals surface area contributed by atoms with Crippen molar-refractivity contribution in [2.75, 3.05) is 32.8 Å². The van der Waals surface area contributed by atoms with Crippen LogP contribution in [0.15, 0.2) is 53.2 Å². The van der Waals surface area contributed by atoms with Crippen molar-refractivity contribution >= 4 is 11.0 Å². The summed E-state index contributed by atoms with van der Waals surface area (Å²) in [6, 6.07) is 17.2. The number of benzene rings is 2. The van der Waals surface area contributed by atoms with Crippen LogP contribution in [0, 0.1) is 0 Å². The summed E-state index contributed by atoms with van der Waals surface area (Å²) in [6.07, 6.45) is 3.09. The monoisotopic (exact) mass is 380 g/mol. The van der Waals surface area contributed by atoms with E-state index in [9.17, 15) is 5.11 Å². The number of aromatic nitrogens is 2.